The lowest BCUT2D eigenvalue weighted by atomic mass is 9.99. The molecule has 71 heavy (non-hydrogen) atoms. The molecule has 8 nitrogen and oxygen atoms in total. The Labute approximate surface area is 410 Å². The van der Waals surface area contributed by atoms with Gasteiger partial charge in [-0.05, 0) is 89.0 Å². The molecule has 0 atom stereocenters. The molecule has 0 aliphatic carbocycles. The second-order valence-corrected chi connectivity index (χ2v) is 17.1. The maximum atomic E-state index is 9.84. The molecule has 3 heterocycles. The molecule has 0 spiro atoms. The topological polar surface area (TPSA) is 97.5 Å². The molecule has 12 aromatic rings. The maximum absolute atomic E-state index is 9.84. The Hall–Kier alpha value is -10.2. The average Bonchev–Trinajstić information content (AvgIpc) is 3.78. The highest BCUT2D eigenvalue weighted by Crippen LogP contribution is 2.41. The van der Waals surface area contributed by atoms with Gasteiger partial charge >= 0.3 is 0 Å². The van der Waals surface area contributed by atoms with Gasteiger partial charge in [0.15, 0.2) is 29.0 Å². The highest BCUT2D eigenvalue weighted by atomic mass is 15.0. The van der Waals surface area contributed by atoms with Gasteiger partial charge in [-0.3, -0.25) is 0 Å². The van der Waals surface area contributed by atoms with Crippen LogP contribution in [0.4, 0.5) is 5.69 Å². The van der Waals surface area contributed by atoms with E-state index in [0.717, 1.165) is 94.5 Å². The predicted molar refractivity (Wildman–Crippen MR) is 284 cm³/mol. The summed E-state index contributed by atoms with van der Waals surface area (Å²) in [5, 5.41) is 11.9. The summed E-state index contributed by atoms with van der Waals surface area (Å²) in [6, 6.07) is 79.4. The van der Waals surface area contributed by atoms with E-state index >= 15 is 0 Å². The summed E-state index contributed by atoms with van der Waals surface area (Å²) in [5.74, 6) is 2.15. The lowest BCUT2D eigenvalue weighted by Gasteiger charge is -2.17. The van der Waals surface area contributed by atoms with Crippen molar-refractivity contribution in [2.24, 2.45) is 0 Å². The number of hydrogen-bond donors (Lipinski definition) is 0. The van der Waals surface area contributed by atoms with E-state index in [1.54, 1.807) is 0 Å². The van der Waals surface area contributed by atoms with E-state index < -0.39 is 0 Å². The monoisotopic (exact) mass is 906 g/mol. The molecule has 9 aromatic carbocycles. The van der Waals surface area contributed by atoms with E-state index in [1.807, 2.05) is 146 Å². The van der Waals surface area contributed by atoms with Crippen molar-refractivity contribution in [3.63, 3.8) is 0 Å². The first-order valence-corrected chi connectivity index (χ1v) is 23.2. The van der Waals surface area contributed by atoms with Crippen LogP contribution < -0.4 is 0 Å². The van der Waals surface area contributed by atoms with Gasteiger partial charge in [-0.25, -0.2) is 29.8 Å². The first-order chi connectivity index (χ1) is 35.1. The molecule has 0 bridgehead atoms. The number of rotatable bonds is 9. The fraction of sp³-hybridized carbons (Fsp3) is 0. The van der Waals surface area contributed by atoms with Crippen LogP contribution in [0.2, 0.25) is 0 Å². The van der Waals surface area contributed by atoms with Crippen LogP contribution in [-0.2, 0) is 0 Å². The zero-order valence-corrected chi connectivity index (χ0v) is 38.0. The Bertz CT molecular complexity index is 3830. The third kappa shape index (κ3) is 8.14. The number of nitriles is 1. The van der Waals surface area contributed by atoms with Crippen molar-refractivity contribution < 1.29 is 0 Å². The molecule has 0 unspecified atom stereocenters. The lowest BCUT2D eigenvalue weighted by molar-refractivity contribution is 1.07. The standard InChI is InChI=1S/C63H38N8/c1-65-51-27-15-26-47(35-51)49-29-32-58-53(37-49)52-36-48(46-25-14-16-41(34-46)40-64)28-31-57(52)71(58)59-33-30-50(62-69-60(44-21-10-4-11-22-44)68-61(70-62)45-23-12-5-13-24-45)38-54(59)63-66-55(42-17-6-2-7-18-42)39-56(67-63)43-19-8-3-9-20-43/h2-39H. The number of fused-ring (bicyclic) bond motifs is 3. The minimum absolute atomic E-state index is 0.505. The molecule has 0 fully saturated rings. The van der Waals surface area contributed by atoms with E-state index in [2.05, 4.69) is 100 Å². The van der Waals surface area contributed by atoms with E-state index in [-0.39, 0.29) is 0 Å². The van der Waals surface area contributed by atoms with Crippen molar-refractivity contribution >= 4 is 27.5 Å². The van der Waals surface area contributed by atoms with Crippen molar-refractivity contribution in [3.05, 3.63) is 248 Å². The SMILES string of the molecule is [C-]#[N+]c1cccc(-c2ccc3c(c2)c2cc(-c4cccc(C#N)c4)ccc2n3-c2ccc(-c3nc(-c4ccccc4)nc(-c4ccccc4)n3)cc2-c2nc(-c3ccccc3)cc(-c3ccccc3)n2)c1. The molecule has 330 valence electrons. The van der Waals surface area contributed by atoms with Gasteiger partial charge in [-0.2, -0.15) is 5.26 Å². The van der Waals surface area contributed by atoms with E-state index in [9.17, 15) is 5.26 Å². The largest absolute Gasteiger partial charge is 0.308 e. The Balaban J connectivity index is 1.15. The smallest absolute Gasteiger partial charge is 0.187 e. The van der Waals surface area contributed by atoms with Crippen LogP contribution in [0.5, 0.6) is 0 Å². The van der Waals surface area contributed by atoms with Crippen molar-refractivity contribution in [2.45, 2.75) is 0 Å². The van der Waals surface area contributed by atoms with Crippen molar-refractivity contribution in [1.82, 2.24) is 29.5 Å². The van der Waals surface area contributed by atoms with Crippen LogP contribution in [0.25, 0.3) is 123 Å². The Morgan fingerprint density at radius 1 is 0.366 bits per heavy atom. The Morgan fingerprint density at radius 2 is 0.817 bits per heavy atom. The van der Waals surface area contributed by atoms with Crippen LogP contribution in [0, 0.1) is 17.9 Å². The van der Waals surface area contributed by atoms with E-state index in [1.165, 1.54) is 0 Å². The molecular weight excluding hydrogens is 869 g/mol. The lowest BCUT2D eigenvalue weighted by Crippen LogP contribution is -2.04. The molecule has 0 saturated carbocycles. The fourth-order valence-electron chi connectivity index (χ4n) is 9.23. The summed E-state index contributed by atoms with van der Waals surface area (Å²) in [5.41, 5.74) is 14.6. The molecule has 0 N–H and O–H groups in total. The molecule has 0 saturated heterocycles. The minimum Gasteiger partial charge on any atom is -0.308 e. The summed E-state index contributed by atoms with van der Waals surface area (Å²) in [7, 11) is 0. The van der Waals surface area contributed by atoms with Gasteiger partial charge in [0.05, 0.1) is 46.3 Å². The van der Waals surface area contributed by atoms with Gasteiger partial charge in [0, 0.05) is 44.2 Å². The Morgan fingerprint density at radius 3 is 1.34 bits per heavy atom. The minimum atomic E-state index is 0.505. The molecule has 12 rings (SSSR count). The molecule has 0 radical (unpaired) electrons. The zero-order chi connectivity index (χ0) is 47.7. The summed E-state index contributed by atoms with van der Waals surface area (Å²) < 4.78 is 2.29. The quantitative estimate of drug-likeness (QED) is 0.134. The molecule has 8 heteroatoms. The maximum Gasteiger partial charge on any atom is 0.187 e. The third-order valence-corrected chi connectivity index (χ3v) is 12.7. The Kier molecular flexibility index (Phi) is 10.8. The van der Waals surface area contributed by atoms with Crippen molar-refractivity contribution in [2.75, 3.05) is 0 Å². The predicted octanol–water partition coefficient (Wildman–Crippen LogP) is 15.5. The number of benzene rings is 9. The van der Waals surface area contributed by atoms with Crippen molar-refractivity contribution in [1.29, 1.82) is 5.26 Å². The highest BCUT2D eigenvalue weighted by molar-refractivity contribution is 6.12. The van der Waals surface area contributed by atoms with Gasteiger partial charge in [-0.1, -0.05) is 164 Å². The van der Waals surface area contributed by atoms with E-state index in [4.69, 9.17) is 31.5 Å². The second-order valence-electron chi connectivity index (χ2n) is 17.1. The third-order valence-electron chi connectivity index (χ3n) is 12.7. The number of hydrogen-bond acceptors (Lipinski definition) is 6. The fourth-order valence-corrected chi connectivity index (χ4v) is 9.23. The summed E-state index contributed by atoms with van der Waals surface area (Å²) in [6.07, 6.45) is 0. The van der Waals surface area contributed by atoms with E-state index in [0.29, 0.717) is 34.5 Å². The van der Waals surface area contributed by atoms with Crippen LogP contribution in [-0.4, -0.2) is 29.5 Å². The van der Waals surface area contributed by atoms with Gasteiger partial charge in [0.1, 0.15) is 0 Å². The molecular formula is C63H38N8. The number of aromatic nitrogens is 6. The van der Waals surface area contributed by atoms with Gasteiger partial charge in [0.25, 0.3) is 0 Å². The average molecular weight is 907 g/mol. The van der Waals surface area contributed by atoms with Gasteiger partial charge in [0.2, 0.25) is 0 Å². The first-order valence-electron chi connectivity index (χ1n) is 23.2. The van der Waals surface area contributed by atoms with Crippen LogP contribution in [0.15, 0.2) is 231 Å². The van der Waals surface area contributed by atoms with Crippen LogP contribution in [0.1, 0.15) is 5.56 Å². The van der Waals surface area contributed by atoms with Crippen molar-refractivity contribution in [3.8, 4) is 102 Å². The molecule has 0 aliphatic rings. The summed E-state index contributed by atoms with van der Waals surface area (Å²) in [6.45, 7) is 7.74. The molecule has 0 aliphatic heterocycles. The number of nitrogens with zero attached hydrogens (tertiary/aromatic N) is 8. The second kappa shape index (κ2) is 18.2. The summed E-state index contributed by atoms with van der Waals surface area (Å²) in [4.78, 5) is 29.8. The highest BCUT2D eigenvalue weighted by Gasteiger charge is 2.22. The van der Waals surface area contributed by atoms with Gasteiger partial charge < -0.3 is 4.57 Å². The van der Waals surface area contributed by atoms with Crippen LogP contribution in [0.3, 0.4) is 0 Å². The van der Waals surface area contributed by atoms with Crippen LogP contribution >= 0.6 is 0 Å². The summed E-state index contributed by atoms with van der Waals surface area (Å²) >= 11 is 0. The molecule has 0 amide bonds. The normalized spacial score (nSPS) is 11.1. The molecule has 3 aromatic heterocycles. The zero-order valence-electron chi connectivity index (χ0n) is 38.0. The first kappa shape index (κ1) is 42.2. The van der Waals surface area contributed by atoms with Gasteiger partial charge in [-0.15, -0.1) is 0 Å².